The minimum atomic E-state index is -0.274. The topological polar surface area (TPSA) is 101 Å². The highest BCUT2D eigenvalue weighted by atomic mass is 16.4. The van der Waals surface area contributed by atoms with Crippen LogP contribution in [-0.4, -0.2) is 21.2 Å². The first kappa shape index (κ1) is 16.7. The lowest BCUT2D eigenvalue weighted by Crippen LogP contribution is -2.12. The maximum absolute atomic E-state index is 12.4. The van der Waals surface area contributed by atoms with Crippen molar-refractivity contribution < 1.29 is 18.7 Å². The lowest BCUT2D eigenvalue weighted by Gasteiger charge is -2.07. The van der Waals surface area contributed by atoms with E-state index in [4.69, 9.17) is 8.83 Å². The van der Waals surface area contributed by atoms with Gasteiger partial charge in [0.2, 0.25) is 5.89 Å². The number of hydrogen-bond donors (Lipinski definition) is 2. The number of anilines is 1. The van der Waals surface area contributed by atoms with Crippen molar-refractivity contribution in [1.82, 2.24) is 10.2 Å². The highest BCUT2D eigenvalue weighted by Crippen LogP contribution is 2.26. The van der Waals surface area contributed by atoms with Crippen LogP contribution in [0.2, 0.25) is 0 Å². The lowest BCUT2D eigenvalue weighted by molar-refractivity contribution is 0.102. The van der Waals surface area contributed by atoms with Gasteiger partial charge in [-0.05, 0) is 48.0 Å². The van der Waals surface area contributed by atoms with Crippen LogP contribution >= 0.6 is 0 Å². The average Bonchev–Trinajstić information content (AvgIpc) is 3.40. The number of amides is 1. The second kappa shape index (κ2) is 7.27. The minimum Gasteiger partial charge on any atom is -0.459 e. The first-order valence-corrected chi connectivity index (χ1v) is 8.22. The third-order valence-corrected chi connectivity index (χ3v) is 3.90. The van der Waals surface area contributed by atoms with Crippen LogP contribution in [-0.2, 0) is 6.61 Å². The van der Waals surface area contributed by atoms with E-state index < -0.39 is 0 Å². The van der Waals surface area contributed by atoms with Crippen LogP contribution in [0.15, 0.2) is 75.8 Å². The Balaban J connectivity index is 1.55. The number of furan rings is 1. The molecule has 1 amide bonds. The molecule has 2 aromatic carbocycles. The molecule has 2 aromatic heterocycles. The van der Waals surface area contributed by atoms with Crippen LogP contribution in [0.4, 0.5) is 5.69 Å². The highest BCUT2D eigenvalue weighted by molar-refractivity contribution is 6.04. The van der Waals surface area contributed by atoms with E-state index in [1.807, 2.05) is 6.07 Å². The molecule has 27 heavy (non-hydrogen) atoms. The number of aliphatic hydroxyl groups excluding tert-OH is 1. The molecule has 0 saturated heterocycles. The Kier molecular flexibility index (Phi) is 4.51. The Morgan fingerprint density at radius 2 is 1.85 bits per heavy atom. The molecule has 2 N–H and O–H groups in total. The van der Waals surface area contributed by atoms with Crippen molar-refractivity contribution in [3.8, 4) is 23.1 Å². The molecule has 0 aliphatic carbocycles. The standard InChI is InChI=1S/C20H15N3O4/c24-12-13-4-1-5-14(10-13)18(25)21-16-7-2-6-15(11-16)19-22-23-20(27-19)17-8-3-9-26-17/h1-11,24H,12H2,(H,21,25). The SMILES string of the molecule is O=C(Nc1cccc(-c2nnc(-c3ccco3)o2)c1)c1cccc(CO)c1. The minimum absolute atomic E-state index is 0.119. The van der Waals surface area contributed by atoms with E-state index in [1.165, 1.54) is 6.26 Å². The van der Waals surface area contributed by atoms with Gasteiger partial charge in [0.15, 0.2) is 5.76 Å². The predicted molar refractivity (Wildman–Crippen MR) is 97.8 cm³/mol. The van der Waals surface area contributed by atoms with Crippen molar-refractivity contribution in [3.05, 3.63) is 78.1 Å². The van der Waals surface area contributed by atoms with Crippen molar-refractivity contribution >= 4 is 11.6 Å². The summed E-state index contributed by atoms with van der Waals surface area (Å²) in [7, 11) is 0. The zero-order valence-corrected chi connectivity index (χ0v) is 14.1. The summed E-state index contributed by atoms with van der Waals surface area (Å²) in [5.41, 5.74) is 2.39. The summed E-state index contributed by atoms with van der Waals surface area (Å²) in [5, 5.41) is 20.0. The van der Waals surface area contributed by atoms with E-state index >= 15 is 0 Å². The molecule has 0 radical (unpaired) electrons. The molecule has 0 aliphatic heterocycles. The Bertz CT molecular complexity index is 1070. The van der Waals surface area contributed by atoms with Crippen LogP contribution in [0.5, 0.6) is 0 Å². The van der Waals surface area contributed by atoms with Gasteiger partial charge in [-0.25, -0.2) is 0 Å². The molecule has 4 aromatic rings. The monoisotopic (exact) mass is 361 g/mol. The van der Waals surface area contributed by atoms with Gasteiger partial charge in [-0.3, -0.25) is 4.79 Å². The third-order valence-electron chi connectivity index (χ3n) is 3.90. The van der Waals surface area contributed by atoms with E-state index in [2.05, 4.69) is 15.5 Å². The molecule has 7 heteroatoms. The molecular formula is C20H15N3O4. The van der Waals surface area contributed by atoms with Crippen molar-refractivity contribution in [2.75, 3.05) is 5.32 Å². The summed E-state index contributed by atoms with van der Waals surface area (Å²) in [4.78, 5) is 12.4. The summed E-state index contributed by atoms with van der Waals surface area (Å²) < 4.78 is 10.9. The van der Waals surface area contributed by atoms with Gasteiger partial charge in [0.1, 0.15) is 0 Å². The van der Waals surface area contributed by atoms with E-state index in [1.54, 1.807) is 54.6 Å². The Labute approximate surface area is 154 Å². The molecule has 0 atom stereocenters. The summed E-state index contributed by atoms with van der Waals surface area (Å²) in [6.07, 6.45) is 1.53. The molecule has 0 aliphatic rings. The number of carbonyl (C=O) groups is 1. The Morgan fingerprint density at radius 3 is 2.67 bits per heavy atom. The quantitative estimate of drug-likeness (QED) is 0.561. The van der Waals surface area contributed by atoms with Gasteiger partial charge >= 0.3 is 0 Å². The fraction of sp³-hybridized carbons (Fsp3) is 0.0500. The van der Waals surface area contributed by atoms with Gasteiger partial charge in [-0.15, -0.1) is 10.2 Å². The van der Waals surface area contributed by atoms with Crippen molar-refractivity contribution in [1.29, 1.82) is 0 Å². The molecule has 4 rings (SSSR count). The smallest absolute Gasteiger partial charge is 0.283 e. The van der Waals surface area contributed by atoms with E-state index in [0.717, 1.165) is 0 Å². The van der Waals surface area contributed by atoms with Crippen molar-refractivity contribution in [3.63, 3.8) is 0 Å². The van der Waals surface area contributed by atoms with Crippen LogP contribution in [0.25, 0.3) is 23.1 Å². The molecular weight excluding hydrogens is 346 g/mol. The molecule has 134 valence electrons. The molecule has 0 bridgehead atoms. The summed E-state index contributed by atoms with van der Waals surface area (Å²) >= 11 is 0. The maximum atomic E-state index is 12.4. The third kappa shape index (κ3) is 3.63. The fourth-order valence-electron chi connectivity index (χ4n) is 2.58. The van der Waals surface area contributed by atoms with Crippen LogP contribution in [0.3, 0.4) is 0 Å². The summed E-state index contributed by atoms with van der Waals surface area (Å²) in [6, 6.07) is 17.4. The number of carbonyl (C=O) groups excluding carboxylic acids is 1. The highest BCUT2D eigenvalue weighted by Gasteiger charge is 2.13. The number of hydrogen-bond acceptors (Lipinski definition) is 6. The Hall–Kier alpha value is -3.71. The number of nitrogens with one attached hydrogen (secondary N) is 1. The second-order valence-electron chi connectivity index (χ2n) is 5.78. The number of rotatable bonds is 5. The van der Waals surface area contributed by atoms with Crippen LogP contribution in [0, 0.1) is 0 Å². The number of aromatic nitrogens is 2. The summed E-state index contributed by atoms with van der Waals surface area (Å²) in [5.74, 6) is 0.816. The number of aliphatic hydroxyl groups is 1. The van der Waals surface area contributed by atoms with Gasteiger partial charge in [-0.1, -0.05) is 18.2 Å². The van der Waals surface area contributed by atoms with E-state index in [-0.39, 0.29) is 18.4 Å². The van der Waals surface area contributed by atoms with Gasteiger partial charge in [0, 0.05) is 16.8 Å². The molecule has 2 heterocycles. The molecule has 0 saturated carbocycles. The fourth-order valence-corrected chi connectivity index (χ4v) is 2.58. The number of nitrogens with zero attached hydrogens (tertiary/aromatic N) is 2. The molecule has 0 unspecified atom stereocenters. The van der Waals surface area contributed by atoms with Gasteiger partial charge in [-0.2, -0.15) is 0 Å². The Morgan fingerprint density at radius 1 is 1.00 bits per heavy atom. The largest absolute Gasteiger partial charge is 0.459 e. The maximum Gasteiger partial charge on any atom is 0.283 e. The average molecular weight is 361 g/mol. The molecule has 0 spiro atoms. The first-order valence-electron chi connectivity index (χ1n) is 8.22. The van der Waals surface area contributed by atoms with Gasteiger partial charge < -0.3 is 19.3 Å². The van der Waals surface area contributed by atoms with Crippen LogP contribution < -0.4 is 5.32 Å². The van der Waals surface area contributed by atoms with Crippen molar-refractivity contribution in [2.45, 2.75) is 6.61 Å². The number of benzene rings is 2. The van der Waals surface area contributed by atoms with Crippen molar-refractivity contribution in [2.24, 2.45) is 0 Å². The zero-order chi connectivity index (χ0) is 18.6. The first-order chi connectivity index (χ1) is 13.2. The second-order valence-corrected chi connectivity index (χ2v) is 5.78. The predicted octanol–water partition coefficient (Wildman–Crippen LogP) is 3.74. The van der Waals surface area contributed by atoms with E-state index in [0.29, 0.717) is 34.0 Å². The summed E-state index contributed by atoms with van der Waals surface area (Å²) in [6.45, 7) is -0.119. The molecule has 0 fully saturated rings. The van der Waals surface area contributed by atoms with Crippen LogP contribution in [0.1, 0.15) is 15.9 Å². The lowest BCUT2D eigenvalue weighted by atomic mass is 10.1. The normalized spacial score (nSPS) is 10.7. The van der Waals surface area contributed by atoms with Gasteiger partial charge in [0.05, 0.1) is 12.9 Å². The molecule has 7 nitrogen and oxygen atoms in total. The van der Waals surface area contributed by atoms with E-state index in [9.17, 15) is 9.90 Å². The van der Waals surface area contributed by atoms with Gasteiger partial charge in [0.25, 0.3) is 11.8 Å². The zero-order valence-electron chi connectivity index (χ0n) is 14.1.